The summed E-state index contributed by atoms with van der Waals surface area (Å²) in [7, 11) is 0. The van der Waals surface area contributed by atoms with E-state index in [0.717, 1.165) is 24.4 Å². The molecular weight excluding hydrogens is 308 g/mol. The van der Waals surface area contributed by atoms with Gasteiger partial charge in [-0.3, -0.25) is 9.69 Å². The molecule has 6 heteroatoms. The van der Waals surface area contributed by atoms with Crippen LogP contribution >= 0.6 is 0 Å². The molecule has 2 atom stereocenters. The molecule has 1 aromatic rings. The standard InChI is InChI=1S/C18H22N2O4/c21-16-11-20(10-15(16)19-5-7-23-8-6-19)18(22)14-9-13-3-1-2-4-17(13)24-12-14/h1-4,9,15-16,21H,5-8,10-12H2/t15-,16-/m1/s1. The van der Waals surface area contributed by atoms with Crippen LogP contribution in [0.15, 0.2) is 29.8 Å². The number of nitrogens with zero attached hydrogens (tertiary/aromatic N) is 2. The molecule has 3 aliphatic rings. The Bertz CT molecular complexity index is 654. The van der Waals surface area contributed by atoms with Gasteiger partial charge in [-0.2, -0.15) is 0 Å². The Kier molecular flexibility index (Phi) is 4.26. The number of morpholine rings is 1. The van der Waals surface area contributed by atoms with Gasteiger partial charge in [0, 0.05) is 31.7 Å². The number of aliphatic hydroxyl groups excluding tert-OH is 1. The van der Waals surface area contributed by atoms with Crippen LogP contribution in [0.3, 0.4) is 0 Å². The van der Waals surface area contributed by atoms with Crippen molar-refractivity contribution in [2.75, 3.05) is 46.0 Å². The third-order valence-corrected chi connectivity index (χ3v) is 4.97. The van der Waals surface area contributed by atoms with Gasteiger partial charge in [-0.25, -0.2) is 0 Å². The van der Waals surface area contributed by atoms with E-state index in [0.29, 0.717) is 31.9 Å². The number of benzene rings is 1. The van der Waals surface area contributed by atoms with Gasteiger partial charge in [0.05, 0.1) is 30.9 Å². The molecule has 0 spiro atoms. The third-order valence-electron chi connectivity index (χ3n) is 4.97. The van der Waals surface area contributed by atoms with E-state index in [1.165, 1.54) is 0 Å². The first-order chi connectivity index (χ1) is 11.7. The molecule has 0 radical (unpaired) electrons. The molecule has 128 valence electrons. The minimum atomic E-state index is -0.510. The lowest BCUT2D eigenvalue weighted by Gasteiger charge is -2.33. The summed E-state index contributed by atoms with van der Waals surface area (Å²) in [5.74, 6) is 0.765. The van der Waals surface area contributed by atoms with Crippen molar-refractivity contribution in [3.05, 3.63) is 35.4 Å². The monoisotopic (exact) mass is 330 g/mol. The molecule has 24 heavy (non-hydrogen) atoms. The van der Waals surface area contributed by atoms with Crippen molar-refractivity contribution < 1.29 is 19.4 Å². The third kappa shape index (κ3) is 2.92. The predicted molar refractivity (Wildman–Crippen MR) is 88.7 cm³/mol. The summed E-state index contributed by atoms with van der Waals surface area (Å²) >= 11 is 0. The molecule has 1 aromatic carbocycles. The normalized spacial score (nSPS) is 27.4. The van der Waals surface area contributed by atoms with E-state index in [4.69, 9.17) is 9.47 Å². The SMILES string of the molecule is O=C(C1=Cc2ccccc2OC1)N1C[C@@H](O)[C@H](N2CCOCC2)C1. The Labute approximate surface area is 141 Å². The summed E-state index contributed by atoms with van der Waals surface area (Å²) in [5, 5.41) is 10.4. The first kappa shape index (κ1) is 15.6. The first-order valence-electron chi connectivity index (χ1n) is 8.44. The highest BCUT2D eigenvalue weighted by Crippen LogP contribution is 2.27. The highest BCUT2D eigenvalue weighted by Gasteiger charge is 2.39. The fraction of sp³-hybridized carbons (Fsp3) is 0.500. The molecule has 0 aromatic heterocycles. The van der Waals surface area contributed by atoms with E-state index < -0.39 is 6.10 Å². The van der Waals surface area contributed by atoms with Crippen LogP contribution in [0.1, 0.15) is 5.56 Å². The highest BCUT2D eigenvalue weighted by atomic mass is 16.5. The van der Waals surface area contributed by atoms with Crippen LogP contribution in [-0.4, -0.2) is 79.0 Å². The van der Waals surface area contributed by atoms with Gasteiger partial charge < -0.3 is 19.5 Å². The van der Waals surface area contributed by atoms with Gasteiger partial charge in [-0.15, -0.1) is 0 Å². The molecule has 1 amide bonds. The Hall–Kier alpha value is -1.89. The molecule has 0 unspecified atom stereocenters. The lowest BCUT2D eigenvalue weighted by atomic mass is 10.1. The second-order valence-electron chi connectivity index (χ2n) is 6.49. The van der Waals surface area contributed by atoms with E-state index in [-0.39, 0.29) is 18.6 Å². The van der Waals surface area contributed by atoms with E-state index in [1.54, 1.807) is 4.90 Å². The Morgan fingerprint density at radius 3 is 2.79 bits per heavy atom. The van der Waals surface area contributed by atoms with Crippen LogP contribution in [-0.2, 0) is 9.53 Å². The van der Waals surface area contributed by atoms with Crippen LogP contribution in [0.4, 0.5) is 0 Å². The van der Waals surface area contributed by atoms with Crippen LogP contribution in [0, 0.1) is 0 Å². The van der Waals surface area contributed by atoms with Crippen molar-refractivity contribution >= 4 is 12.0 Å². The molecule has 6 nitrogen and oxygen atoms in total. The number of para-hydroxylation sites is 1. The molecule has 0 bridgehead atoms. The first-order valence-corrected chi connectivity index (χ1v) is 8.44. The molecule has 1 N–H and O–H groups in total. The van der Waals surface area contributed by atoms with Crippen LogP contribution in [0.25, 0.3) is 6.08 Å². The van der Waals surface area contributed by atoms with Crippen LogP contribution in [0.5, 0.6) is 5.75 Å². The molecule has 2 fully saturated rings. The Morgan fingerprint density at radius 2 is 1.96 bits per heavy atom. The number of ether oxygens (including phenoxy) is 2. The van der Waals surface area contributed by atoms with Gasteiger partial charge in [0.25, 0.3) is 5.91 Å². The quantitative estimate of drug-likeness (QED) is 0.849. The van der Waals surface area contributed by atoms with Crippen molar-refractivity contribution in [3.8, 4) is 5.75 Å². The average molecular weight is 330 g/mol. The van der Waals surface area contributed by atoms with Crippen molar-refractivity contribution in [1.82, 2.24) is 9.80 Å². The maximum Gasteiger partial charge on any atom is 0.253 e. The number of hydrogen-bond donors (Lipinski definition) is 1. The average Bonchev–Trinajstić information content (AvgIpc) is 3.03. The fourth-order valence-corrected chi connectivity index (χ4v) is 3.65. The zero-order valence-electron chi connectivity index (χ0n) is 13.6. The summed E-state index contributed by atoms with van der Waals surface area (Å²) in [5.41, 5.74) is 1.57. The maximum atomic E-state index is 12.8. The number of β-amino-alcohol motifs (C(OH)–C–C–N with tert-alkyl or cyclic N) is 1. The van der Waals surface area contributed by atoms with Gasteiger partial charge in [-0.1, -0.05) is 18.2 Å². The molecule has 2 saturated heterocycles. The van der Waals surface area contributed by atoms with Gasteiger partial charge in [0.1, 0.15) is 12.4 Å². The second kappa shape index (κ2) is 6.55. The van der Waals surface area contributed by atoms with Crippen molar-refractivity contribution in [3.63, 3.8) is 0 Å². The lowest BCUT2D eigenvalue weighted by molar-refractivity contribution is -0.126. The summed E-state index contributed by atoms with van der Waals surface area (Å²) in [6.45, 7) is 4.20. The largest absolute Gasteiger partial charge is 0.488 e. The summed E-state index contributed by atoms with van der Waals surface area (Å²) < 4.78 is 11.0. The highest BCUT2D eigenvalue weighted by molar-refractivity contribution is 5.99. The summed E-state index contributed by atoms with van der Waals surface area (Å²) in [6, 6.07) is 7.69. The number of carbonyl (C=O) groups excluding carboxylic acids is 1. The van der Waals surface area contributed by atoms with E-state index in [9.17, 15) is 9.90 Å². The van der Waals surface area contributed by atoms with E-state index in [1.807, 2.05) is 30.3 Å². The van der Waals surface area contributed by atoms with Crippen molar-refractivity contribution in [2.24, 2.45) is 0 Å². The minimum Gasteiger partial charge on any atom is -0.488 e. The number of carbonyl (C=O) groups is 1. The smallest absolute Gasteiger partial charge is 0.253 e. The number of rotatable bonds is 2. The molecule has 4 rings (SSSR count). The maximum absolute atomic E-state index is 12.8. The van der Waals surface area contributed by atoms with E-state index >= 15 is 0 Å². The molecule has 3 aliphatic heterocycles. The zero-order chi connectivity index (χ0) is 16.5. The Balaban J connectivity index is 1.47. The van der Waals surface area contributed by atoms with E-state index in [2.05, 4.69) is 4.90 Å². The Morgan fingerprint density at radius 1 is 1.17 bits per heavy atom. The fourth-order valence-electron chi connectivity index (χ4n) is 3.65. The van der Waals surface area contributed by atoms with Gasteiger partial charge in [0.2, 0.25) is 0 Å². The predicted octanol–water partition coefficient (Wildman–Crippen LogP) is 0.366. The zero-order valence-corrected chi connectivity index (χ0v) is 13.6. The second-order valence-corrected chi connectivity index (χ2v) is 6.49. The van der Waals surface area contributed by atoms with Crippen LogP contribution < -0.4 is 4.74 Å². The van der Waals surface area contributed by atoms with Gasteiger partial charge in [0.15, 0.2) is 0 Å². The molecule has 0 saturated carbocycles. The van der Waals surface area contributed by atoms with Crippen molar-refractivity contribution in [2.45, 2.75) is 12.1 Å². The topological polar surface area (TPSA) is 62.2 Å². The van der Waals surface area contributed by atoms with Crippen molar-refractivity contribution in [1.29, 1.82) is 0 Å². The van der Waals surface area contributed by atoms with Crippen LogP contribution in [0.2, 0.25) is 0 Å². The number of likely N-dealkylation sites (tertiary alicyclic amines) is 1. The number of aliphatic hydroxyl groups is 1. The number of hydrogen-bond acceptors (Lipinski definition) is 5. The lowest BCUT2D eigenvalue weighted by Crippen LogP contribution is -2.49. The van der Waals surface area contributed by atoms with Gasteiger partial charge in [-0.05, 0) is 12.1 Å². The molecule has 0 aliphatic carbocycles. The van der Waals surface area contributed by atoms with Gasteiger partial charge >= 0.3 is 0 Å². The number of amides is 1. The molecular formula is C18H22N2O4. The minimum absolute atomic E-state index is 0.00440. The summed E-state index contributed by atoms with van der Waals surface area (Å²) in [6.07, 6.45) is 1.39. The molecule has 3 heterocycles. The summed E-state index contributed by atoms with van der Waals surface area (Å²) in [4.78, 5) is 16.8. The number of fused-ring (bicyclic) bond motifs is 1.